The minimum atomic E-state index is -3.78. The lowest BCUT2D eigenvalue weighted by atomic mass is 10.2. The Morgan fingerprint density at radius 3 is 2.32 bits per heavy atom. The second kappa shape index (κ2) is 11.4. The van der Waals surface area contributed by atoms with Crippen LogP contribution in [0.4, 0.5) is 4.39 Å². The van der Waals surface area contributed by atoms with Crippen LogP contribution < -0.4 is 10.1 Å². The summed E-state index contributed by atoms with van der Waals surface area (Å²) in [7, 11) is -0.840. The van der Waals surface area contributed by atoms with E-state index in [4.69, 9.17) is 9.47 Å². The molecule has 2 rings (SSSR count). The van der Waals surface area contributed by atoms with Gasteiger partial charge in [-0.2, -0.15) is 0 Å². The third kappa shape index (κ3) is 7.65. The lowest BCUT2D eigenvalue weighted by Gasteiger charge is -2.17. The van der Waals surface area contributed by atoms with Crippen LogP contribution in [0.25, 0.3) is 0 Å². The molecule has 168 valence electrons. The highest BCUT2D eigenvalue weighted by Crippen LogP contribution is 2.15. The molecule has 2 aromatic rings. The molecule has 1 N–H and O–H groups in total. The molecule has 2 aromatic carbocycles. The first kappa shape index (κ1) is 24.3. The number of halogens is 1. The maximum absolute atomic E-state index is 13.0. The Morgan fingerprint density at radius 1 is 1.06 bits per heavy atom. The summed E-state index contributed by atoms with van der Waals surface area (Å²) in [6.45, 7) is -0.0659. The van der Waals surface area contributed by atoms with Crippen molar-refractivity contribution in [2.24, 2.45) is 0 Å². The normalized spacial score (nSPS) is 11.2. The number of hydrogen-bond donors (Lipinski definition) is 1. The molecular weight excluding hydrogens is 427 g/mol. The number of carbonyl (C=O) groups excluding carboxylic acids is 2. The molecule has 31 heavy (non-hydrogen) atoms. The highest BCUT2D eigenvalue weighted by molar-refractivity contribution is 7.89. The third-order valence-electron chi connectivity index (χ3n) is 4.39. The molecule has 0 heterocycles. The lowest BCUT2D eigenvalue weighted by molar-refractivity contribution is -0.148. The van der Waals surface area contributed by atoms with Crippen LogP contribution in [0.1, 0.15) is 18.4 Å². The van der Waals surface area contributed by atoms with Gasteiger partial charge in [-0.3, -0.25) is 9.59 Å². The van der Waals surface area contributed by atoms with Gasteiger partial charge in [-0.05, 0) is 48.4 Å². The summed E-state index contributed by atoms with van der Waals surface area (Å²) in [5.74, 6) is -0.871. The number of rotatable bonds is 11. The van der Waals surface area contributed by atoms with Gasteiger partial charge >= 0.3 is 5.97 Å². The fourth-order valence-electron chi connectivity index (χ4n) is 2.57. The Labute approximate surface area is 181 Å². The van der Waals surface area contributed by atoms with Gasteiger partial charge in [0.25, 0.3) is 5.91 Å². The topological polar surface area (TPSA) is 102 Å². The molecule has 0 radical (unpaired) electrons. The van der Waals surface area contributed by atoms with E-state index in [0.29, 0.717) is 5.75 Å². The molecule has 0 bridgehead atoms. The third-order valence-corrected chi connectivity index (χ3v) is 6.26. The molecule has 10 heteroatoms. The second-order valence-electron chi connectivity index (χ2n) is 6.67. The first-order valence-electron chi connectivity index (χ1n) is 9.49. The molecule has 0 fully saturated rings. The average Bonchev–Trinajstić information content (AvgIpc) is 2.76. The summed E-state index contributed by atoms with van der Waals surface area (Å²) in [5, 5.41) is 2.64. The standard InChI is InChI=1S/C21H25FN2O6S/c1-24(31(27,28)19-11-7-17(22)8-12-19)13-3-4-21(26)30-15-20(25)23-14-16-5-9-18(29-2)10-6-16/h5-12H,3-4,13-15H2,1-2H3,(H,23,25). The molecule has 0 aliphatic carbocycles. The van der Waals surface area contributed by atoms with Gasteiger partial charge in [0, 0.05) is 26.6 Å². The predicted molar refractivity (Wildman–Crippen MR) is 111 cm³/mol. The van der Waals surface area contributed by atoms with E-state index in [-0.39, 0.29) is 30.8 Å². The molecule has 0 aromatic heterocycles. The van der Waals surface area contributed by atoms with Crippen LogP contribution in [0.2, 0.25) is 0 Å². The quantitative estimate of drug-likeness (QED) is 0.524. The Kier molecular flexibility index (Phi) is 8.95. The highest BCUT2D eigenvalue weighted by atomic mass is 32.2. The zero-order valence-electron chi connectivity index (χ0n) is 17.3. The number of nitrogens with one attached hydrogen (secondary N) is 1. The Morgan fingerprint density at radius 2 is 1.71 bits per heavy atom. The Hall–Kier alpha value is -2.98. The number of sulfonamides is 1. The fourth-order valence-corrected chi connectivity index (χ4v) is 3.78. The summed E-state index contributed by atoms with van der Waals surface area (Å²) < 4.78 is 48.8. The summed E-state index contributed by atoms with van der Waals surface area (Å²) >= 11 is 0. The number of nitrogens with zero attached hydrogens (tertiary/aromatic N) is 1. The second-order valence-corrected chi connectivity index (χ2v) is 8.71. The van der Waals surface area contributed by atoms with Gasteiger partial charge in [0.2, 0.25) is 10.0 Å². The maximum atomic E-state index is 13.0. The zero-order chi connectivity index (χ0) is 22.9. The monoisotopic (exact) mass is 452 g/mol. The molecular formula is C21H25FN2O6S. The lowest BCUT2D eigenvalue weighted by Crippen LogP contribution is -2.29. The molecule has 8 nitrogen and oxygen atoms in total. The first-order chi connectivity index (χ1) is 14.7. The van der Waals surface area contributed by atoms with E-state index in [0.717, 1.165) is 22.0 Å². The van der Waals surface area contributed by atoms with E-state index in [1.165, 1.54) is 19.2 Å². The van der Waals surface area contributed by atoms with E-state index < -0.39 is 34.3 Å². The van der Waals surface area contributed by atoms with Gasteiger partial charge in [0.05, 0.1) is 12.0 Å². The van der Waals surface area contributed by atoms with Crippen molar-refractivity contribution >= 4 is 21.9 Å². The molecule has 1 amide bonds. The smallest absolute Gasteiger partial charge is 0.306 e. The van der Waals surface area contributed by atoms with Crippen molar-refractivity contribution in [2.75, 3.05) is 27.3 Å². The number of benzene rings is 2. The summed E-state index contributed by atoms with van der Waals surface area (Å²) in [6.07, 6.45) is 0.165. The number of hydrogen-bond acceptors (Lipinski definition) is 6. The highest BCUT2D eigenvalue weighted by Gasteiger charge is 2.20. The Bertz CT molecular complexity index is 978. The van der Waals surface area contributed by atoms with Crippen molar-refractivity contribution in [3.63, 3.8) is 0 Å². The molecule has 0 unspecified atom stereocenters. The summed E-state index contributed by atoms with van der Waals surface area (Å²) in [6, 6.07) is 11.7. The van der Waals surface area contributed by atoms with Crippen LogP contribution in [0.5, 0.6) is 5.75 Å². The van der Waals surface area contributed by atoms with E-state index in [9.17, 15) is 22.4 Å². The first-order valence-corrected chi connectivity index (χ1v) is 10.9. The molecule has 0 atom stereocenters. The van der Waals surface area contributed by atoms with Gasteiger partial charge in [0.15, 0.2) is 6.61 Å². The molecule has 0 aliphatic rings. The van der Waals surface area contributed by atoms with E-state index >= 15 is 0 Å². The van der Waals surface area contributed by atoms with Crippen LogP contribution in [0.3, 0.4) is 0 Å². The van der Waals surface area contributed by atoms with Crippen LogP contribution >= 0.6 is 0 Å². The van der Waals surface area contributed by atoms with E-state index in [2.05, 4.69) is 5.32 Å². The summed E-state index contributed by atoms with van der Waals surface area (Å²) in [5.41, 5.74) is 0.867. The minimum absolute atomic E-state index is 0.0347. The fraction of sp³-hybridized carbons (Fsp3) is 0.333. The number of methoxy groups -OCH3 is 1. The van der Waals surface area contributed by atoms with E-state index in [1.54, 1.807) is 19.2 Å². The van der Waals surface area contributed by atoms with Crippen molar-refractivity contribution in [3.8, 4) is 5.75 Å². The van der Waals surface area contributed by atoms with Crippen LogP contribution in [0, 0.1) is 5.82 Å². The van der Waals surface area contributed by atoms with Crippen molar-refractivity contribution in [3.05, 3.63) is 59.9 Å². The van der Waals surface area contributed by atoms with Crippen LogP contribution in [0.15, 0.2) is 53.4 Å². The van der Waals surface area contributed by atoms with Crippen LogP contribution in [-0.4, -0.2) is 51.9 Å². The number of esters is 1. The van der Waals surface area contributed by atoms with E-state index in [1.807, 2.05) is 12.1 Å². The van der Waals surface area contributed by atoms with Crippen molar-refractivity contribution in [1.82, 2.24) is 9.62 Å². The molecule has 0 saturated heterocycles. The summed E-state index contributed by atoms with van der Waals surface area (Å²) in [4.78, 5) is 23.6. The average molecular weight is 453 g/mol. The molecule has 0 spiro atoms. The SMILES string of the molecule is COc1ccc(CNC(=O)COC(=O)CCCN(C)S(=O)(=O)c2ccc(F)cc2)cc1. The maximum Gasteiger partial charge on any atom is 0.306 e. The minimum Gasteiger partial charge on any atom is -0.497 e. The van der Waals surface area contributed by atoms with Crippen molar-refractivity contribution in [1.29, 1.82) is 0 Å². The van der Waals surface area contributed by atoms with Gasteiger partial charge in [0.1, 0.15) is 11.6 Å². The molecule has 0 aliphatic heterocycles. The largest absolute Gasteiger partial charge is 0.497 e. The molecule has 0 saturated carbocycles. The zero-order valence-corrected chi connectivity index (χ0v) is 18.2. The Balaban J connectivity index is 1.67. The number of carbonyl (C=O) groups is 2. The number of amides is 1. The van der Waals surface area contributed by atoms with Gasteiger partial charge < -0.3 is 14.8 Å². The predicted octanol–water partition coefficient (Wildman–Crippen LogP) is 2.09. The van der Waals surface area contributed by atoms with Gasteiger partial charge in [-0.25, -0.2) is 17.1 Å². The van der Waals surface area contributed by atoms with Gasteiger partial charge in [-0.15, -0.1) is 0 Å². The van der Waals surface area contributed by atoms with Gasteiger partial charge in [-0.1, -0.05) is 12.1 Å². The number of ether oxygens (including phenoxy) is 2. The van der Waals surface area contributed by atoms with Crippen molar-refractivity contribution in [2.45, 2.75) is 24.3 Å². The van der Waals surface area contributed by atoms with Crippen molar-refractivity contribution < 1.29 is 31.9 Å². The van der Waals surface area contributed by atoms with Crippen LogP contribution in [-0.2, 0) is 30.9 Å².